The molecule has 9 nitrogen and oxygen atoms in total. The highest BCUT2D eigenvalue weighted by molar-refractivity contribution is 6.46. The second-order valence-electron chi connectivity index (χ2n) is 8.02. The zero-order chi connectivity index (χ0) is 24.1. The third-order valence-electron chi connectivity index (χ3n) is 5.33. The third kappa shape index (κ3) is 5.20. The molecule has 3 rings (SSSR count). The number of ether oxygens (including phenoxy) is 1. The molecule has 2 aromatic rings. The van der Waals surface area contributed by atoms with Crippen molar-refractivity contribution in [3.8, 4) is 5.75 Å². The molecular formula is C24H27N3O6. The second kappa shape index (κ2) is 10.3. The number of nitro groups is 1. The number of ketones is 1. The number of benzene rings is 2. The fraction of sp³-hybridized carbons (Fsp3) is 0.333. The average Bonchev–Trinajstić information content (AvgIpc) is 3.06. The summed E-state index contributed by atoms with van der Waals surface area (Å²) < 4.78 is 5.56. The van der Waals surface area contributed by atoms with E-state index in [2.05, 4.69) is 0 Å². The van der Waals surface area contributed by atoms with E-state index in [1.165, 1.54) is 23.1 Å². The monoisotopic (exact) mass is 453 g/mol. The minimum Gasteiger partial charge on any atom is -0.507 e. The van der Waals surface area contributed by atoms with Gasteiger partial charge in [0.05, 0.1) is 23.1 Å². The number of carbonyl (C=O) groups excluding carboxylic acids is 2. The first-order chi connectivity index (χ1) is 15.7. The quantitative estimate of drug-likeness (QED) is 0.204. The molecule has 174 valence electrons. The molecule has 2 aromatic carbocycles. The number of Topliss-reactive ketones (excluding diaryl/α,β-unsaturated/α-hetero) is 1. The Hall–Kier alpha value is -3.72. The molecule has 1 unspecified atom stereocenters. The molecule has 1 fully saturated rings. The zero-order valence-electron chi connectivity index (χ0n) is 18.9. The Balaban J connectivity index is 2.10. The van der Waals surface area contributed by atoms with Gasteiger partial charge in [-0.05, 0) is 50.3 Å². The van der Waals surface area contributed by atoms with Crippen molar-refractivity contribution >= 4 is 23.1 Å². The molecule has 0 saturated carbocycles. The van der Waals surface area contributed by atoms with Crippen LogP contribution in [-0.4, -0.2) is 65.3 Å². The molecular weight excluding hydrogens is 426 g/mol. The predicted octanol–water partition coefficient (Wildman–Crippen LogP) is 3.37. The Kier molecular flexibility index (Phi) is 7.44. The topological polar surface area (TPSA) is 113 Å². The number of aliphatic hydroxyl groups is 1. The van der Waals surface area contributed by atoms with Crippen LogP contribution in [0.1, 0.15) is 30.5 Å². The van der Waals surface area contributed by atoms with Gasteiger partial charge in [-0.15, -0.1) is 0 Å². The highest BCUT2D eigenvalue weighted by Crippen LogP contribution is 2.40. The number of hydrogen-bond donors (Lipinski definition) is 1. The normalized spacial score (nSPS) is 17.6. The number of likely N-dealkylation sites (tertiary alicyclic amines) is 1. The van der Waals surface area contributed by atoms with Crippen molar-refractivity contribution in [1.29, 1.82) is 0 Å². The molecule has 0 aromatic heterocycles. The molecule has 1 saturated heterocycles. The van der Waals surface area contributed by atoms with Crippen LogP contribution in [-0.2, 0) is 9.59 Å². The first kappa shape index (κ1) is 23.9. The van der Waals surface area contributed by atoms with Gasteiger partial charge in [0.2, 0.25) is 0 Å². The van der Waals surface area contributed by atoms with E-state index in [-0.39, 0.29) is 23.6 Å². The van der Waals surface area contributed by atoms with E-state index in [1.807, 2.05) is 25.9 Å². The molecule has 1 aliphatic rings. The Morgan fingerprint density at radius 1 is 1.18 bits per heavy atom. The largest absolute Gasteiger partial charge is 0.507 e. The van der Waals surface area contributed by atoms with Crippen molar-refractivity contribution in [2.24, 2.45) is 0 Å². The van der Waals surface area contributed by atoms with E-state index in [1.54, 1.807) is 30.3 Å². The van der Waals surface area contributed by atoms with Gasteiger partial charge in [-0.1, -0.05) is 19.1 Å². The number of amides is 1. The molecule has 1 N–H and O–H groups in total. The number of nitrogens with zero attached hydrogens (tertiary/aromatic N) is 3. The molecule has 0 radical (unpaired) electrons. The highest BCUT2D eigenvalue weighted by atomic mass is 16.6. The van der Waals surface area contributed by atoms with Crippen LogP contribution >= 0.6 is 0 Å². The van der Waals surface area contributed by atoms with Gasteiger partial charge in [0.25, 0.3) is 17.4 Å². The maximum absolute atomic E-state index is 13.0. The van der Waals surface area contributed by atoms with E-state index < -0.39 is 22.7 Å². The molecule has 1 amide bonds. The average molecular weight is 453 g/mol. The summed E-state index contributed by atoms with van der Waals surface area (Å²) in [4.78, 5) is 39.9. The Morgan fingerprint density at radius 3 is 2.48 bits per heavy atom. The number of nitro benzene ring substituents is 1. The lowest BCUT2D eigenvalue weighted by atomic mass is 9.95. The minimum atomic E-state index is -0.944. The van der Waals surface area contributed by atoms with Crippen molar-refractivity contribution in [1.82, 2.24) is 9.80 Å². The number of likely N-dealkylation sites (N-methyl/N-ethyl adjacent to an activating group) is 1. The molecule has 9 heteroatoms. The molecule has 33 heavy (non-hydrogen) atoms. The summed E-state index contributed by atoms with van der Waals surface area (Å²) in [6.07, 6.45) is 0.849. The smallest absolute Gasteiger partial charge is 0.295 e. The molecule has 1 aliphatic heterocycles. The summed E-state index contributed by atoms with van der Waals surface area (Å²) in [7, 11) is 3.67. The summed E-state index contributed by atoms with van der Waals surface area (Å²) in [5.41, 5.74) is 0.469. The molecule has 0 bridgehead atoms. The summed E-state index contributed by atoms with van der Waals surface area (Å²) in [6.45, 7) is 3.23. The van der Waals surface area contributed by atoms with Crippen molar-refractivity contribution in [3.05, 3.63) is 75.3 Å². The van der Waals surface area contributed by atoms with Gasteiger partial charge in [-0.25, -0.2) is 0 Å². The lowest BCUT2D eigenvalue weighted by Crippen LogP contribution is -2.35. The Morgan fingerprint density at radius 2 is 1.88 bits per heavy atom. The van der Waals surface area contributed by atoms with Crippen LogP contribution in [0.4, 0.5) is 5.69 Å². The fourth-order valence-electron chi connectivity index (χ4n) is 3.66. The van der Waals surface area contributed by atoms with Gasteiger partial charge < -0.3 is 19.6 Å². The van der Waals surface area contributed by atoms with Crippen molar-refractivity contribution < 1.29 is 24.4 Å². The van der Waals surface area contributed by atoms with E-state index in [9.17, 15) is 24.8 Å². The van der Waals surface area contributed by atoms with Crippen LogP contribution in [0.3, 0.4) is 0 Å². The van der Waals surface area contributed by atoms with Gasteiger partial charge in [0.1, 0.15) is 11.5 Å². The first-order valence-corrected chi connectivity index (χ1v) is 10.6. The van der Waals surface area contributed by atoms with Crippen molar-refractivity contribution in [2.45, 2.75) is 19.4 Å². The van der Waals surface area contributed by atoms with Crippen molar-refractivity contribution in [2.75, 3.05) is 33.8 Å². The summed E-state index contributed by atoms with van der Waals surface area (Å²) in [6, 6.07) is 11.4. The van der Waals surface area contributed by atoms with Crippen LogP contribution in [0, 0.1) is 10.1 Å². The van der Waals surface area contributed by atoms with E-state index >= 15 is 0 Å². The number of non-ortho nitro benzene ring substituents is 1. The van der Waals surface area contributed by atoms with E-state index in [0.717, 1.165) is 6.42 Å². The summed E-state index contributed by atoms with van der Waals surface area (Å²) >= 11 is 0. The van der Waals surface area contributed by atoms with Crippen LogP contribution in [0.15, 0.2) is 54.1 Å². The predicted molar refractivity (Wildman–Crippen MR) is 123 cm³/mol. The lowest BCUT2D eigenvalue weighted by molar-refractivity contribution is -0.384. The van der Waals surface area contributed by atoms with Gasteiger partial charge in [0.15, 0.2) is 0 Å². The molecule has 0 spiro atoms. The van der Waals surface area contributed by atoms with Crippen LogP contribution in [0.25, 0.3) is 5.76 Å². The van der Waals surface area contributed by atoms with Gasteiger partial charge in [-0.3, -0.25) is 19.7 Å². The van der Waals surface area contributed by atoms with Crippen LogP contribution in [0.5, 0.6) is 5.75 Å². The molecule has 0 aliphatic carbocycles. The van der Waals surface area contributed by atoms with Crippen LogP contribution < -0.4 is 4.74 Å². The van der Waals surface area contributed by atoms with E-state index in [4.69, 9.17) is 4.74 Å². The SMILES string of the molecule is CCCOc1ccc(/C(O)=C2\C(=O)C(=O)N(CCN(C)C)C2c2cccc([N+](=O)[O-])c2)cc1. The summed E-state index contributed by atoms with van der Waals surface area (Å²) in [5.74, 6) is -1.29. The number of aliphatic hydroxyl groups excluding tert-OH is 1. The Bertz CT molecular complexity index is 1080. The summed E-state index contributed by atoms with van der Waals surface area (Å²) in [5, 5.41) is 22.4. The molecule has 1 heterocycles. The second-order valence-corrected chi connectivity index (χ2v) is 8.02. The number of rotatable bonds is 9. The third-order valence-corrected chi connectivity index (χ3v) is 5.33. The number of hydrogen-bond acceptors (Lipinski definition) is 7. The highest BCUT2D eigenvalue weighted by Gasteiger charge is 2.46. The van der Waals surface area contributed by atoms with Gasteiger partial charge in [-0.2, -0.15) is 0 Å². The maximum Gasteiger partial charge on any atom is 0.295 e. The van der Waals surface area contributed by atoms with Crippen LogP contribution in [0.2, 0.25) is 0 Å². The number of carbonyl (C=O) groups is 2. The zero-order valence-corrected chi connectivity index (χ0v) is 18.9. The molecule has 1 atom stereocenters. The van der Waals surface area contributed by atoms with Gasteiger partial charge >= 0.3 is 0 Å². The van der Waals surface area contributed by atoms with Gasteiger partial charge in [0, 0.05) is 30.8 Å². The van der Waals surface area contributed by atoms with E-state index in [0.29, 0.717) is 30.0 Å². The maximum atomic E-state index is 13.0. The lowest BCUT2D eigenvalue weighted by Gasteiger charge is -2.26. The van der Waals surface area contributed by atoms with Crippen molar-refractivity contribution in [3.63, 3.8) is 0 Å². The fourth-order valence-corrected chi connectivity index (χ4v) is 3.66. The minimum absolute atomic E-state index is 0.0959. The Labute approximate surface area is 192 Å². The first-order valence-electron chi connectivity index (χ1n) is 10.6. The standard InChI is InChI=1S/C24H27N3O6/c1-4-14-33-19-10-8-16(9-11-19)22(28)20-21(17-6-5-7-18(15-17)27(31)32)26(13-12-25(2)3)24(30)23(20)29/h5-11,15,21,28H,4,12-14H2,1-3H3/b22-20+.